The van der Waals surface area contributed by atoms with E-state index in [0.29, 0.717) is 11.8 Å². The van der Waals surface area contributed by atoms with E-state index in [1.165, 1.54) is 4.68 Å². The number of carbonyl (C=O) groups is 1. The Balaban J connectivity index is 1.63. The number of amides is 1. The summed E-state index contributed by atoms with van der Waals surface area (Å²) in [5, 5.41) is 8.84. The average Bonchev–Trinajstić information content (AvgIpc) is 2.78. The summed E-state index contributed by atoms with van der Waals surface area (Å²) in [5.41, 5.74) is 2.52. The number of rotatable bonds is 6. The van der Waals surface area contributed by atoms with Crippen LogP contribution in [-0.4, -0.2) is 20.7 Å². The molecule has 0 saturated carbocycles. The zero-order chi connectivity index (χ0) is 20.9. The third-order valence-corrected chi connectivity index (χ3v) is 5.04. The third-order valence-electron chi connectivity index (χ3n) is 5.04. The molecule has 0 bridgehead atoms. The van der Waals surface area contributed by atoms with Crippen LogP contribution in [0.15, 0.2) is 83.9 Å². The SMILES string of the molecule is C[C@@H](NC(=O)Cn1nc(Cc2ccncc2)c2ccccc2c1=O)c1ccccc1. The van der Waals surface area contributed by atoms with Crippen LogP contribution >= 0.6 is 0 Å². The van der Waals surface area contributed by atoms with Gasteiger partial charge in [0.25, 0.3) is 5.56 Å². The van der Waals surface area contributed by atoms with Crippen LogP contribution in [0.4, 0.5) is 0 Å². The Morgan fingerprint density at radius 3 is 2.37 bits per heavy atom. The van der Waals surface area contributed by atoms with E-state index >= 15 is 0 Å². The second-order valence-electron chi connectivity index (χ2n) is 7.19. The predicted molar refractivity (Wildman–Crippen MR) is 116 cm³/mol. The molecule has 1 atom stereocenters. The maximum Gasteiger partial charge on any atom is 0.275 e. The summed E-state index contributed by atoms with van der Waals surface area (Å²) in [6, 6.07) is 20.7. The first-order chi connectivity index (χ1) is 14.6. The summed E-state index contributed by atoms with van der Waals surface area (Å²) >= 11 is 0. The van der Waals surface area contributed by atoms with E-state index in [1.54, 1.807) is 18.5 Å². The zero-order valence-electron chi connectivity index (χ0n) is 16.7. The molecule has 2 aromatic carbocycles. The lowest BCUT2D eigenvalue weighted by atomic mass is 10.1. The molecule has 0 radical (unpaired) electrons. The molecule has 6 nitrogen and oxygen atoms in total. The van der Waals surface area contributed by atoms with Gasteiger partial charge in [-0.05, 0) is 36.2 Å². The van der Waals surface area contributed by atoms with Crippen molar-refractivity contribution in [1.82, 2.24) is 20.1 Å². The van der Waals surface area contributed by atoms with E-state index in [-0.39, 0.29) is 24.1 Å². The molecule has 4 rings (SSSR count). The fourth-order valence-corrected chi connectivity index (χ4v) is 3.49. The van der Waals surface area contributed by atoms with Crippen LogP contribution in [0.5, 0.6) is 0 Å². The summed E-state index contributed by atoms with van der Waals surface area (Å²) in [5.74, 6) is -0.258. The van der Waals surface area contributed by atoms with Crippen LogP contribution in [-0.2, 0) is 17.8 Å². The molecule has 6 heteroatoms. The Kier molecular flexibility index (Phi) is 5.66. The monoisotopic (exact) mass is 398 g/mol. The van der Waals surface area contributed by atoms with Crippen LogP contribution in [0.2, 0.25) is 0 Å². The van der Waals surface area contributed by atoms with Gasteiger partial charge in [0.1, 0.15) is 6.54 Å². The lowest BCUT2D eigenvalue weighted by Crippen LogP contribution is -2.35. The summed E-state index contributed by atoms with van der Waals surface area (Å²) in [4.78, 5) is 29.6. The predicted octanol–water partition coefficient (Wildman–Crippen LogP) is 3.26. The van der Waals surface area contributed by atoms with Gasteiger partial charge in [-0.15, -0.1) is 0 Å². The minimum atomic E-state index is -0.272. The summed E-state index contributed by atoms with van der Waals surface area (Å²) < 4.78 is 1.26. The van der Waals surface area contributed by atoms with Crippen LogP contribution in [0, 0.1) is 0 Å². The van der Waals surface area contributed by atoms with Gasteiger partial charge in [-0.25, -0.2) is 4.68 Å². The lowest BCUT2D eigenvalue weighted by molar-refractivity contribution is -0.122. The molecule has 30 heavy (non-hydrogen) atoms. The molecule has 0 saturated heterocycles. The lowest BCUT2D eigenvalue weighted by Gasteiger charge is -2.15. The molecule has 2 heterocycles. The fourth-order valence-electron chi connectivity index (χ4n) is 3.49. The highest BCUT2D eigenvalue weighted by molar-refractivity contribution is 5.84. The molecular formula is C24H22N4O2. The van der Waals surface area contributed by atoms with Crippen molar-refractivity contribution in [3.05, 3.63) is 106 Å². The minimum absolute atomic E-state index is 0.135. The molecule has 1 N–H and O–H groups in total. The largest absolute Gasteiger partial charge is 0.348 e. The summed E-state index contributed by atoms with van der Waals surface area (Å²) in [6.45, 7) is 1.78. The van der Waals surface area contributed by atoms with Crippen molar-refractivity contribution >= 4 is 16.7 Å². The average molecular weight is 398 g/mol. The van der Waals surface area contributed by atoms with E-state index in [2.05, 4.69) is 15.4 Å². The van der Waals surface area contributed by atoms with Gasteiger partial charge in [-0.2, -0.15) is 5.10 Å². The van der Waals surface area contributed by atoms with Crippen LogP contribution < -0.4 is 10.9 Å². The Hall–Kier alpha value is -3.80. The van der Waals surface area contributed by atoms with Gasteiger partial charge < -0.3 is 5.32 Å². The van der Waals surface area contributed by atoms with Crippen molar-refractivity contribution in [1.29, 1.82) is 0 Å². The molecule has 0 aliphatic heterocycles. The highest BCUT2D eigenvalue weighted by Crippen LogP contribution is 2.17. The first-order valence-corrected chi connectivity index (χ1v) is 9.84. The van der Waals surface area contributed by atoms with Crippen LogP contribution in [0.3, 0.4) is 0 Å². The highest BCUT2D eigenvalue weighted by atomic mass is 16.2. The van der Waals surface area contributed by atoms with Crippen molar-refractivity contribution in [3.8, 4) is 0 Å². The summed E-state index contributed by atoms with van der Waals surface area (Å²) in [7, 11) is 0. The zero-order valence-corrected chi connectivity index (χ0v) is 16.7. The van der Waals surface area contributed by atoms with Gasteiger partial charge in [-0.1, -0.05) is 48.5 Å². The fraction of sp³-hybridized carbons (Fsp3) is 0.167. The van der Waals surface area contributed by atoms with Crippen LogP contribution in [0.25, 0.3) is 10.8 Å². The highest BCUT2D eigenvalue weighted by Gasteiger charge is 2.15. The standard InChI is InChI=1S/C24H22N4O2/c1-17(19-7-3-2-4-8-19)26-23(29)16-28-24(30)21-10-6-5-9-20(21)22(27-28)15-18-11-13-25-14-12-18/h2-14,17H,15-16H2,1H3,(H,26,29)/t17-/m1/s1. The Morgan fingerprint density at radius 2 is 1.63 bits per heavy atom. The van der Waals surface area contributed by atoms with E-state index in [0.717, 1.165) is 22.2 Å². The van der Waals surface area contributed by atoms with Crippen molar-refractivity contribution in [2.75, 3.05) is 0 Å². The first-order valence-electron chi connectivity index (χ1n) is 9.84. The molecule has 150 valence electrons. The number of pyridine rings is 1. The number of aromatic nitrogens is 3. The van der Waals surface area contributed by atoms with Crippen molar-refractivity contribution in [2.45, 2.75) is 25.9 Å². The number of fused-ring (bicyclic) bond motifs is 1. The van der Waals surface area contributed by atoms with E-state index < -0.39 is 0 Å². The number of nitrogens with one attached hydrogen (secondary N) is 1. The van der Waals surface area contributed by atoms with Gasteiger partial charge in [0.2, 0.25) is 5.91 Å². The van der Waals surface area contributed by atoms with Crippen molar-refractivity contribution in [2.24, 2.45) is 0 Å². The molecule has 4 aromatic rings. The van der Waals surface area contributed by atoms with Crippen molar-refractivity contribution < 1.29 is 4.79 Å². The van der Waals surface area contributed by atoms with Gasteiger partial charge >= 0.3 is 0 Å². The molecule has 0 aliphatic rings. The van der Waals surface area contributed by atoms with Gasteiger partial charge in [0, 0.05) is 24.2 Å². The molecule has 1 amide bonds. The second-order valence-corrected chi connectivity index (χ2v) is 7.19. The maximum absolute atomic E-state index is 12.9. The third kappa shape index (κ3) is 4.27. The molecule has 0 spiro atoms. The van der Waals surface area contributed by atoms with Gasteiger partial charge in [0.15, 0.2) is 0 Å². The number of nitrogens with zero attached hydrogens (tertiary/aromatic N) is 3. The first kappa shape index (κ1) is 19.5. The quantitative estimate of drug-likeness (QED) is 0.541. The van der Waals surface area contributed by atoms with E-state index in [4.69, 9.17) is 0 Å². The van der Waals surface area contributed by atoms with Gasteiger partial charge in [-0.3, -0.25) is 14.6 Å². The topological polar surface area (TPSA) is 76.9 Å². The number of hydrogen-bond acceptors (Lipinski definition) is 4. The number of hydrogen-bond donors (Lipinski definition) is 1. The molecule has 2 aromatic heterocycles. The second kappa shape index (κ2) is 8.69. The molecule has 0 aliphatic carbocycles. The summed E-state index contributed by atoms with van der Waals surface area (Å²) in [6.07, 6.45) is 4.00. The molecule has 0 unspecified atom stereocenters. The molecular weight excluding hydrogens is 376 g/mol. The van der Waals surface area contributed by atoms with Gasteiger partial charge in [0.05, 0.1) is 17.1 Å². The number of benzene rings is 2. The van der Waals surface area contributed by atoms with E-state index in [1.807, 2.05) is 67.6 Å². The van der Waals surface area contributed by atoms with E-state index in [9.17, 15) is 9.59 Å². The Bertz CT molecular complexity index is 1220. The minimum Gasteiger partial charge on any atom is -0.348 e. The van der Waals surface area contributed by atoms with Crippen LogP contribution in [0.1, 0.15) is 29.8 Å². The molecule has 0 fully saturated rings. The normalized spacial score (nSPS) is 11.9. The Morgan fingerprint density at radius 1 is 0.967 bits per heavy atom. The smallest absolute Gasteiger partial charge is 0.275 e. The maximum atomic E-state index is 12.9. The van der Waals surface area contributed by atoms with Crippen molar-refractivity contribution in [3.63, 3.8) is 0 Å². The number of carbonyl (C=O) groups excluding carboxylic acids is 1. The Labute approximate surface area is 174 Å².